The summed E-state index contributed by atoms with van der Waals surface area (Å²) in [4.78, 5) is 43.4. The highest BCUT2D eigenvalue weighted by Gasteiger charge is 2.27. The number of benzene rings is 1. The van der Waals surface area contributed by atoms with Gasteiger partial charge in [0, 0.05) is 11.9 Å². The first kappa shape index (κ1) is 21.6. The van der Waals surface area contributed by atoms with Crippen LogP contribution in [-0.4, -0.2) is 33.8 Å². The van der Waals surface area contributed by atoms with Crippen molar-refractivity contribution in [3.05, 3.63) is 50.6 Å². The fraction of sp³-hybridized carbons (Fsp3) is 0.364. The van der Waals surface area contributed by atoms with E-state index in [1.54, 1.807) is 32.2 Å². The zero-order chi connectivity index (χ0) is 22.0. The first-order valence-corrected chi connectivity index (χ1v) is 12.0. The number of rotatable bonds is 6. The number of carbonyl (C=O) groups is 2. The maximum absolute atomic E-state index is 12.7. The van der Waals surface area contributed by atoms with E-state index in [1.165, 1.54) is 27.7 Å². The van der Waals surface area contributed by atoms with Gasteiger partial charge in [-0.15, -0.1) is 11.3 Å². The van der Waals surface area contributed by atoms with Gasteiger partial charge in [-0.05, 0) is 50.3 Å². The number of anilines is 1. The number of hydrogen-bond acceptors (Lipinski definition) is 7. The Kier molecular flexibility index (Phi) is 6.43. The van der Waals surface area contributed by atoms with Crippen LogP contribution in [0, 0.1) is 0 Å². The number of aromatic nitrogens is 2. The van der Waals surface area contributed by atoms with Gasteiger partial charge in [0.2, 0.25) is 5.91 Å². The number of ether oxygens (including phenoxy) is 1. The largest absolute Gasteiger partial charge is 0.462 e. The van der Waals surface area contributed by atoms with Crippen LogP contribution in [0.3, 0.4) is 0 Å². The van der Waals surface area contributed by atoms with Crippen LogP contribution in [0.15, 0.2) is 34.2 Å². The monoisotopic (exact) mass is 457 g/mol. The Balaban J connectivity index is 1.53. The number of fused-ring (bicyclic) bond motifs is 2. The third kappa shape index (κ3) is 4.38. The molecule has 2 aromatic heterocycles. The lowest BCUT2D eigenvalue weighted by molar-refractivity contribution is -0.113. The summed E-state index contributed by atoms with van der Waals surface area (Å²) in [6.07, 6.45) is 3.86. The SMILES string of the molecule is CCOC(=O)c1c(NC(=O)CSc2nc3ccccc3c(=O)n2C)sc2c1CCCC2. The number of aryl methyl sites for hydroxylation is 1. The summed E-state index contributed by atoms with van der Waals surface area (Å²) in [5.41, 5.74) is 1.96. The van der Waals surface area contributed by atoms with Crippen LogP contribution in [0.5, 0.6) is 0 Å². The fourth-order valence-electron chi connectivity index (χ4n) is 3.69. The summed E-state index contributed by atoms with van der Waals surface area (Å²) in [7, 11) is 1.65. The number of hydrogen-bond donors (Lipinski definition) is 1. The van der Waals surface area contributed by atoms with Crippen molar-refractivity contribution in [2.75, 3.05) is 17.7 Å². The maximum atomic E-state index is 12.7. The number of esters is 1. The van der Waals surface area contributed by atoms with Crippen LogP contribution in [0.1, 0.15) is 40.6 Å². The van der Waals surface area contributed by atoms with E-state index in [4.69, 9.17) is 4.74 Å². The molecule has 4 rings (SSSR count). The molecule has 0 fully saturated rings. The topological polar surface area (TPSA) is 90.3 Å². The quantitative estimate of drug-likeness (QED) is 0.344. The number of amides is 1. The van der Waals surface area contributed by atoms with Gasteiger partial charge in [0.25, 0.3) is 5.56 Å². The Morgan fingerprint density at radius 3 is 2.84 bits per heavy atom. The average Bonchev–Trinajstić information content (AvgIpc) is 3.13. The predicted octanol–water partition coefficient (Wildman–Crippen LogP) is 3.78. The van der Waals surface area contributed by atoms with Crippen LogP contribution in [0.25, 0.3) is 10.9 Å². The summed E-state index contributed by atoms with van der Waals surface area (Å²) in [6.45, 7) is 2.06. The van der Waals surface area contributed by atoms with Gasteiger partial charge in [0.15, 0.2) is 5.16 Å². The second-order valence-electron chi connectivity index (χ2n) is 7.25. The van der Waals surface area contributed by atoms with Crippen molar-refractivity contribution in [3.63, 3.8) is 0 Å². The molecule has 1 aliphatic rings. The molecule has 0 saturated carbocycles. The third-order valence-corrected chi connectivity index (χ3v) is 7.42. The molecule has 0 saturated heterocycles. The second kappa shape index (κ2) is 9.23. The second-order valence-corrected chi connectivity index (χ2v) is 9.30. The molecule has 1 N–H and O–H groups in total. The average molecular weight is 458 g/mol. The Bertz CT molecular complexity index is 1220. The van der Waals surface area contributed by atoms with Crippen LogP contribution >= 0.6 is 23.1 Å². The fourth-order valence-corrected chi connectivity index (χ4v) is 5.76. The van der Waals surface area contributed by atoms with Crippen molar-refractivity contribution in [1.29, 1.82) is 0 Å². The molecule has 9 heteroatoms. The highest BCUT2D eigenvalue weighted by Crippen LogP contribution is 2.38. The van der Waals surface area contributed by atoms with Gasteiger partial charge < -0.3 is 10.1 Å². The highest BCUT2D eigenvalue weighted by atomic mass is 32.2. The van der Waals surface area contributed by atoms with Crippen molar-refractivity contribution in [3.8, 4) is 0 Å². The molecule has 0 unspecified atom stereocenters. The third-order valence-electron chi connectivity index (χ3n) is 5.18. The predicted molar refractivity (Wildman–Crippen MR) is 123 cm³/mol. The molecule has 0 bridgehead atoms. The van der Waals surface area contributed by atoms with E-state index in [0.29, 0.717) is 26.6 Å². The minimum Gasteiger partial charge on any atom is -0.462 e. The lowest BCUT2D eigenvalue weighted by Crippen LogP contribution is -2.21. The number of nitrogens with one attached hydrogen (secondary N) is 1. The first-order valence-electron chi connectivity index (χ1n) is 10.2. The van der Waals surface area contributed by atoms with E-state index in [9.17, 15) is 14.4 Å². The summed E-state index contributed by atoms with van der Waals surface area (Å²) in [5, 5.41) is 4.45. The smallest absolute Gasteiger partial charge is 0.341 e. The highest BCUT2D eigenvalue weighted by molar-refractivity contribution is 7.99. The van der Waals surface area contributed by atoms with Gasteiger partial charge >= 0.3 is 5.97 Å². The zero-order valence-electron chi connectivity index (χ0n) is 17.4. The molecule has 7 nitrogen and oxygen atoms in total. The van der Waals surface area contributed by atoms with Crippen LogP contribution in [0.2, 0.25) is 0 Å². The van der Waals surface area contributed by atoms with E-state index in [-0.39, 0.29) is 29.8 Å². The normalized spacial score (nSPS) is 13.1. The van der Waals surface area contributed by atoms with Gasteiger partial charge in [0.1, 0.15) is 5.00 Å². The lowest BCUT2D eigenvalue weighted by Gasteiger charge is -2.12. The van der Waals surface area contributed by atoms with Crippen molar-refractivity contribution in [2.24, 2.45) is 7.05 Å². The van der Waals surface area contributed by atoms with Crippen molar-refractivity contribution >= 4 is 50.9 Å². The van der Waals surface area contributed by atoms with Crippen LogP contribution in [0.4, 0.5) is 5.00 Å². The molecular weight excluding hydrogens is 434 g/mol. The standard InChI is InChI=1S/C22H23N3O4S2/c1-3-29-21(28)18-14-9-5-7-11-16(14)31-19(18)24-17(26)12-30-22-23-15-10-6-4-8-13(15)20(27)25(22)2/h4,6,8,10H,3,5,7,9,11-12H2,1-2H3,(H,24,26). The molecule has 1 aromatic carbocycles. The van der Waals surface area contributed by atoms with Gasteiger partial charge in [0.05, 0.1) is 28.8 Å². The molecule has 1 aliphatic carbocycles. The molecular formula is C22H23N3O4S2. The number of thiophene rings is 1. The lowest BCUT2D eigenvalue weighted by atomic mass is 9.95. The maximum Gasteiger partial charge on any atom is 0.341 e. The van der Waals surface area contributed by atoms with Gasteiger partial charge in [-0.25, -0.2) is 9.78 Å². The Hall–Kier alpha value is -2.65. The van der Waals surface area contributed by atoms with E-state index in [1.807, 2.05) is 6.07 Å². The summed E-state index contributed by atoms with van der Waals surface area (Å²) >= 11 is 2.65. The Morgan fingerprint density at radius 1 is 1.26 bits per heavy atom. The van der Waals surface area contributed by atoms with Crippen LogP contribution in [-0.2, 0) is 29.4 Å². The minimum absolute atomic E-state index is 0.0729. The molecule has 162 valence electrons. The van der Waals surface area contributed by atoms with Crippen LogP contribution < -0.4 is 10.9 Å². The van der Waals surface area contributed by atoms with Crippen molar-refractivity contribution in [2.45, 2.75) is 37.8 Å². The van der Waals surface area contributed by atoms with Gasteiger partial charge in [-0.1, -0.05) is 23.9 Å². The molecule has 0 radical (unpaired) electrons. The number of nitrogens with zero attached hydrogens (tertiary/aromatic N) is 2. The number of para-hydroxylation sites is 1. The number of thioether (sulfide) groups is 1. The summed E-state index contributed by atoms with van der Waals surface area (Å²) < 4.78 is 6.69. The molecule has 2 heterocycles. The van der Waals surface area contributed by atoms with Gasteiger partial charge in [-0.2, -0.15) is 0 Å². The first-order chi connectivity index (χ1) is 15.0. The van der Waals surface area contributed by atoms with E-state index in [0.717, 1.165) is 36.1 Å². The summed E-state index contributed by atoms with van der Waals surface area (Å²) in [5.74, 6) is -0.566. The zero-order valence-corrected chi connectivity index (χ0v) is 19.0. The Morgan fingerprint density at radius 2 is 2.03 bits per heavy atom. The molecule has 3 aromatic rings. The van der Waals surface area contributed by atoms with Crippen molar-refractivity contribution in [1.82, 2.24) is 9.55 Å². The molecule has 0 aliphatic heterocycles. The number of carbonyl (C=O) groups excluding carboxylic acids is 2. The summed E-state index contributed by atoms with van der Waals surface area (Å²) in [6, 6.07) is 7.14. The Labute approximate surface area is 187 Å². The minimum atomic E-state index is -0.386. The van der Waals surface area contributed by atoms with Crippen molar-refractivity contribution < 1.29 is 14.3 Å². The van der Waals surface area contributed by atoms with E-state index < -0.39 is 0 Å². The molecule has 1 amide bonds. The van der Waals surface area contributed by atoms with Gasteiger partial charge in [-0.3, -0.25) is 14.2 Å². The van der Waals surface area contributed by atoms with E-state index in [2.05, 4.69) is 10.3 Å². The van der Waals surface area contributed by atoms with E-state index >= 15 is 0 Å². The molecule has 0 spiro atoms. The molecule has 31 heavy (non-hydrogen) atoms. The molecule has 0 atom stereocenters.